The smallest absolute Gasteiger partial charge is 0.374 e. The number of hydrogen-bond acceptors (Lipinski definition) is 8. The van der Waals surface area contributed by atoms with E-state index in [1.54, 1.807) is 12.1 Å². The fourth-order valence-corrected chi connectivity index (χ4v) is 6.57. The zero-order chi connectivity index (χ0) is 25.7. The molecule has 9 nitrogen and oxygen atoms in total. The molecule has 0 heterocycles. The van der Waals surface area contributed by atoms with Crippen LogP contribution in [0.5, 0.6) is 0 Å². The summed E-state index contributed by atoms with van der Waals surface area (Å²) >= 11 is 0. The van der Waals surface area contributed by atoms with Gasteiger partial charge in [0.05, 0.1) is 16.3 Å². The van der Waals surface area contributed by atoms with Crippen LogP contribution < -0.4 is 4.90 Å². The number of azo groups is 1. The molecule has 192 valence electrons. The molecule has 0 N–H and O–H groups in total. The summed E-state index contributed by atoms with van der Waals surface area (Å²) in [5, 5.41) is 19.5. The minimum Gasteiger partial charge on any atom is -0.374 e. The van der Waals surface area contributed by atoms with E-state index in [4.69, 9.17) is 13.3 Å². The van der Waals surface area contributed by atoms with Gasteiger partial charge in [0.25, 0.3) is 5.69 Å². The van der Waals surface area contributed by atoms with Gasteiger partial charge in [-0.1, -0.05) is 0 Å². The first-order chi connectivity index (χ1) is 16.9. The van der Waals surface area contributed by atoms with E-state index in [2.05, 4.69) is 41.1 Å². The van der Waals surface area contributed by atoms with Crippen molar-refractivity contribution in [3.05, 3.63) is 58.1 Å². The van der Waals surface area contributed by atoms with Crippen LogP contribution in [0.1, 0.15) is 46.6 Å². The average molecular weight is 503 g/mol. The summed E-state index contributed by atoms with van der Waals surface area (Å²) in [6.07, 6.45) is 1.69. The van der Waals surface area contributed by atoms with Crippen molar-refractivity contribution < 1.29 is 18.2 Å². The number of benzene rings is 2. The molecule has 0 aliphatic carbocycles. The highest BCUT2D eigenvalue weighted by molar-refractivity contribution is 6.60. The number of rotatable bonds is 16. The molecule has 0 atom stereocenters. The van der Waals surface area contributed by atoms with Gasteiger partial charge >= 0.3 is 8.80 Å². The predicted octanol–water partition coefficient (Wildman–Crippen LogP) is 6.84. The van der Waals surface area contributed by atoms with Gasteiger partial charge in [0.15, 0.2) is 0 Å². The molecule has 0 bridgehead atoms. The zero-order valence-corrected chi connectivity index (χ0v) is 22.5. The van der Waals surface area contributed by atoms with E-state index in [1.165, 1.54) is 23.4 Å². The van der Waals surface area contributed by atoms with Crippen molar-refractivity contribution in [1.82, 2.24) is 0 Å². The minimum atomic E-state index is -2.70. The predicted molar refractivity (Wildman–Crippen MR) is 141 cm³/mol. The number of non-ortho nitro benzene ring substituents is 1. The Hall–Kier alpha value is -2.66. The first-order valence-electron chi connectivity index (χ1n) is 12.4. The Balaban J connectivity index is 2.24. The largest absolute Gasteiger partial charge is 0.500 e. The van der Waals surface area contributed by atoms with Crippen molar-refractivity contribution in [2.75, 3.05) is 37.8 Å². The summed E-state index contributed by atoms with van der Waals surface area (Å²) in [6, 6.07) is 12.9. The van der Waals surface area contributed by atoms with E-state index in [0.29, 0.717) is 25.5 Å². The number of anilines is 1. The third kappa shape index (κ3) is 8.50. The molecule has 0 aliphatic heterocycles. The van der Waals surface area contributed by atoms with Crippen molar-refractivity contribution in [1.29, 1.82) is 0 Å². The summed E-state index contributed by atoms with van der Waals surface area (Å²) in [6.45, 7) is 13.7. The Morgan fingerprint density at radius 3 is 1.91 bits per heavy atom. The van der Waals surface area contributed by atoms with Crippen molar-refractivity contribution in [2.24, 2.45) is 10.2 Å². The van der Waals surface area contributed by atoms with Gasteiger partial charge in [-0.3, -0.25) is 10.1 Å². The maximum absolute atomic E-state index is 10.8. The number of nitro groups is 1. The number of nitrogens with zero attached hydrogens (tertiary/aromatic N) is 4. The molecule has 2 aromatic carbocycles. The maximum atomic E-state index is 10.8. The van der Waals surface area contributed by atoms with Crippen LogP contribution in [0, 0.1) is 10.1 Å². The second kappa shape index (κ2) is 14.7. The van der Waals surface area contributed by atoms with E-state index < -0.39 is 13.7 Å². The maximum Gasteiger partial charge on any atom is 0.500 e. The quantitative estimate of drug-likeness (QED) is 0.108. The van der Waals surface area contributed by atoms with Gasteiger partial charge in [-0.25, -0.2) is 0 Å². The lowest BCUT2D eigenvalue weighted by atomic mass is 10.1. The molecule has 0 unspecified atom stereocenters. The highest BCUT2D eigenvalue weighted by Crippen LogP contribution is 2.30. The van der Waals surface area contributed by atoms with Crippen molar-refractivity contribution in [3.63, 3.8) is 0 Å². The molecule has 2 aromatic rings. The lowest BCUT2D eigenvalue weighted by Gasteiger charge is -2.29. The Kier molecular flexibility index (Phi) is 12.0. The number of hydrogen-bond donors (Lipinski definition) is 0. The summed E-state index contributed by atoms with van der Waals surface area (Å²) in [5.74, 6) is 0. The fourth-order valence-electron chi connectivity index (χ4n) is 3.96. The molecule has 10 heteroatoms. The van der Waals surface area contributed by atoms with E-state index in [0.717, 1.165) is 37.7 Å². The zero-order valence-electron chi connectivity index (χ0n) is 21.5. The Bertz CT molecular complexity index is 934. The van der Waals surface area contributed by atoms with Crippen molar-refractivity contribution >= 4 is 31.6 Å². The molecule has 0 saturated heterocycles. The number of aryl methyl sites for hydroxylation is 1. The van der Waals surface area contributed by atoms with Crippen LogP contribution >= 0.6 is 0 Å². The van der Waals surface area contributed by atoms with Gasteiger partial charge in [-0.15, -0.1) is 0 Å². The van der Waals surface area contributed by atoms with Gasteiger partial charge in [-0.05, 0) is 83.4 Å². The first kappa shape index (κ1) is 28.6. The Morgan fingerprint density at radius 2 is 1.40 bits per heavy atom. The summed E-state index contributed by atoms with van der Waals surface area (Å²) in [5.41, 5.74) is 3.69. The van der Waals surface area contributed by atoms with Gasteiger partial charge in [0, 0.05) is 56.8 Å². The molecule has 2 rings (SSSR count). The molecule has 0 saturated carbocycles. The van der Waals surface area contributed by atoms with Gasteiger partial charge in [0.2, 0.25) is 0 Å². The minimum absolute atomic E-state index is 0.0283. The monoisotopic (exact) mass is 502 g/mol. The van der Waals surface area contributed by atoms with Crippen LogP contribution in [0.25, 0.3) is 0 Å². The summed E-state index contributed by atoms with van der Waals surface area (Å²) in [4.78, 5) is 12.7. The van der Waals surface area contributed by atoms with Crippen molar-refractivity contribution in [2.45, 2.75) is 53.5 Å². The third-order valence-electron chi connectivity index (χ3n) is 5.53. The lowest BCUT2D eigenvalue weighted by Crippen LogP contribution is -2.46. The van der Waals surface area contributed by atoms with E-state index >= 15 is 0 Å². The molecule has 0 aromatic heterocycles. The van der Waals surface area contributed by atoms with Crippen molar-refractivity contribution in [3.8, 4) is 0 Å². The van der Waals surface area contributed by atoms with Gasteiger partial charge in [0.1, 0.15) is 0 Å². The molecule has 35 heavy (non-hydrogen) atoms. The molecular weight excluding hydrogens is 464 g/mol. The van der Waals surface area contributed by atoms with Gasteiger partial charge in [-0.2, -0.15) is 10.2 Å². The first-order valence-corrected chi connectivity index (χ1v) is 14.3. The fraction of sp³-hybridized carbons (Fsp3) is 0.520. The summed E-state index contributed by atoms with van der Waals surface area (Å²) < 4.78 is 18.0. The normalized spacial score (nSPS) is 11.8. The van der Waals surface area contributed by atoms with Crippen LogP contribution in [-0.4, -0.2) is 46.6 Å². The highest BCUT2D eigenvalue weighted by atomic mass is 28.4. The second-order valence-corrected chi connectivity index (χ2v) is 10.5. The average Bonchev–Trinajstić information content (AvgIpc) is 2.85. The molecule has 0 spiro atoms. The van der Waals surface area contributed by atoms with Crippen LogP contribution in [0.4, 0.5) is 22.7 Å². The van der Waals surface area contributed by atoms with E-state index in [1.807, 2.05) is 26.8 Å². The number of nitro benzene ring substituents is 1. The van der Waals surface area contributed by atoms with E-state index in [9.17, 15) is 10.1 Å². The molecule has 0 aliphatic rings. The van der Waals surface area contributed by atoms with Crippen LogP contribution in [0.15, 0.2) is 52.7 Å². The molecule has 0 radical (unpaired) electrons. The third-order valence-corrected chi connectivity index (χ3v) is 8.68. The molecular formula is C25H38N4O5Si. The molecule has 0 amide bonds. The topological polar surface area (TPSA) is 98.8 Å². The SMILES string of the molecule is CCO[Si](CCCc1cc(N=Nc2ccc([N+](=O)[O-])cc2)ccc1N(CC)CC)(OCC)OCC. The lowest BCUT2D eigenvalue weighted by molar-refractivity contribution is -0.384. The standard InChI is InChI=1S/C25H38N4O5Si/c1-6-28(7-2)25-18-15-23(27-26-22-13-16-24(17-14-22)29(30)31)20-21(25)12-11-19-35(32-8-3,33-9-4)34-10-5/h13-18,20H,6-12,19H2,1-5H3. The van der Waals surface area contributed by atoms with E-state index in [-0.39, 0.29) is 5.69 Å². The van der Waals surface area contributed by atoms with Gasteiger partial charge < -0.3 is 18.2 Å². The molecule has 0 fully saturated rings. The summed E-state index contributed by atoms with van der Waals surface area (Å²) in [7, 11) is -2.70. The highest BCUT2D eigenvalue weighted by Gasteiger charge is 2.39. The van der Waals surface area contributed by atoms with Crippen LogP contribution in [0.3, 0.4) is 0 Å². The van der Waals surface area contributed by atoms with Crippen LogP contribution in [0.2, 0.25) is 6.04 Å². The Morgan fingerprint density at radius 1 is 0.857 bits per heavy atom. The van der Waals surface area contributed by atoms with Crippen LogP contribution in [-0.2, 0) is 19.7 Å². The Labute approximate surface area is 209 Å². The second-order valence-electron chi connectivity index (χ2n) is 7.79.